The van der Waals surface area contributed by atoms with Crippen molar-refractivity contribution in [1.29, 1.82) is 0 Å². The highest BCUT2D eigenvalue weighted by atomic mass is 79.9. The second-order valence-corrected chi connectivity index (χ2v) is 5.06. The zero-order chi connectivity index (χ0) is 13.0. The highest BCUT2D eigenvalue weighted by Gasteiger charge is 2.28. The minimum atomic E-state index is -0.188. The Morgan fingerprint density at radius 1 is 1.67 bits per heavy atom. The molecule has 0 radical (unpaired) electrons. The molecule has 98 valence electrons. The normalized spacial score (nSPS) is 19.7. The number of amides is 1. The first-order valence-corrected chi connectivity index (χ1v) is 6.88. The van der Waals surface area contributed by atoms with E-state index in [0.29, 0.717) is 13.1 Å². The van der Waals surface area contributed by atoms with Gasteiger partial charge in [0.2, 0.25) is 5.91 Å². The van der Waals surface area contributed by atoms with Gasteiger partial charge in [0, 0.05) is 36.8 Å². The Hall–Kier alpha value is -1.14. The average molecular weight is 313 g/mol. The second-order valence-electron chi connectivity index (χ2n) is 4.14. The number of pyridine rings is 1. The summed E-state index contributed by atoms with van der Waals surface area (Å²) in [5.74, 6) is 0.894. The van der Waals surface area contributed by atoms with Crippen LogP contribution in [0, 0.1) is 0 Å². The lowest BCUT2D eigenvalue weighted by molar-refractivity contribution is -0.122. The summed E-state index contributed by atoms with van der Waals surface area (Å²) in [5, 5.41) is 6.11. The predicted molar refractivity (Wildman–Crippen MR) is 74.6 cm³/mol. The average Bonchev–Trinajstić information content (AvgIpc) is 2.40. The molecule has 1 aliphatic rings. The van der Waals surface area contributed by atoms with Crippen molar-refractivity contribution in [2.75, 3.05) is 31.1 Å². The first kappa shape index (κ1) is 13.3. The molecule has 0 bridgehead atoms. The third-order valence-corrected chi connectivity index (χ3v) is 3.37. The minimum absolute atomic E-state index is 0.0504. The Balaban J connectivity index is 2.17. The van der Waals surface area contributed by atoms with Gasteiger partial charge in [0.05, 0.1) is 0 Å². The van der Waals surface area contributed by atoms with Gasteiger partial charge in [-0.2, -0.15) is 0 Å². The molecule has 2 N–H and O–H groups in total. The lowest BCUT2D eigenvalue weighted by Gasteiger charge is -2.36. The number of anilines is 1. The van der Waals surface area contributed by atoms with Crippen LogP contribution >= 0.6 is 15.9 Å². The van der Waals surface area contributed by atoms with Gasteiger partial charge in [0.15, 0.2) is 0 Å². The molecule has 1 fully saturated rings. The number of carbonyl (C=O) groups excluding carboxylic acids is 1. The molecular weight excluding hydrogens is 296 g/mol. The topological polar surface area (TPSA) is 57.3 Å². The lowest BCUT2D eigenvalue weighted by Crippen LogP contribution is -2.58. The van der Waals surface area contributed by atoms with Crippen LogP contribution < -0.4 is 15.5 Å². The van der Waals surface area contributed by atoms with E-state index < -0.39 is 0 Å². The van der Waals surface area contributed by atoms with Crippen LogP contribution in [0.25, 0.3) is 0 Å². The monoisotopic (exact) mass is 312 g/mol. The number of hydrogen-bond donors (Lipinski definition) is 2. The first-order chi connectivity index (χ1) is 8.72. The van der Waals surface area contributed by atoms with E-state index in [2.05, 4.69) is 31.5 Å². The van der Waals surface area contributed by atoms with Gasteiger partial charge in [0.1, 0.15) is 11.9 Å². The van der Waals surface area contributed by atoms with Crippen molar-refractivity contribution < 1.29 is 4.79 Å². The Morgan fingerprint density at radius 2 is 2.50 bits per heavy atom. The van der Waals surface area contributed by atoms with Crippen molar-refractivity contribution in [3.63, 3.8) is 0 Å². The van der Waals surface area contributed by atoms with Crippen LogP contribution in [0.5, 0.6) is 0 Å². The fourth-order valence-electron chi connectivity index (χ4n) is 2.04. The quantitative estimate of drug-likeness (QED) is 0.865. The third kappa shape index (κ3) is 3.00. The maximum absolute atomic E-state index is 12.0. The van der Waals surface area contributed by atoms with Crippen molar-refractivity contribution in [2.45, 2.75) is 13.0 Å². The van der Waals surface area contributed by atoms with Crippen LogP contribution in [0.2, 0.25) is 0 Å². The van der Waals surface area contributed by atoms with Gasteiger partial charge in [-0.15, -0.1) is 0 Å². The maximum atomic E-state index is 12.0. The molecule has 1 aromatic rings. The number of aromatic nitrogens is 1. The molecular formula is C12H17BrN4O. The van der Waals surface area contributed by atoms with Crippen LogP contribution in [-0.4, -0.2) is 43.1 Å². The second kappa shape index (κ2) is 6.15. The van der Waals surface area contributed by atoms with Crippen molar-refractivity contribution >= 4 is 27.7 Å². The highest BCUT2D eigenvalue weighted by molar-refractivity contribution is 9.10. The number of carbonyl (C=O) groups is 1. The molecule has 1 amide bonds. The van der Waals surface area contributed by atoms with Crippen molar-refractivity contribution in [3.8, 4) is 0 Å². The minimum Gasteiger partial charge on any atom is -0.355 e. The number of halogens is 1. The molecule has 0 aromatic carbocycles. The molecule has 1 aromatic heterocycles. The van der Waals surface area contributed by atoms with Gasteiger partial charge < -0.3 is 15.5 Å². The summed E-state index contributed by atoms with van der Waals surface area (Å²) >= 11 is 3.37. The molecule has 0 saturated carbocycles. The van der Waals surface area contributed by atoms with Crippen LogP contribution in [0.4, 0.5) is 5.82 Å². The predicted octanol–water partition coefficient (Wildman–Crippen LogP) is 0.758. The van der Waals surface area contributed by atoms with Crippen molar-refractivity contribution in [3.05, 3.63) is 22.8 Å². The van der Waals surface area contributed by atoms with E-state index in [1.165, 1.54) is 0 Å². The molecule has 6 heteroatoms. The van der Waals surface area contributed by atoms with E-state index in [1.807, 2.05) is 24.0 Å². The summed E-state index contributed by atoms with van der Waals surface area (Å²) in [6.45, 7) is 4.89. The smallest absolute Gasteiger partial charge is 0.244 e. The van der Waals surface area contributed by atoms with Gasteiger partial charge in [0.25, 0.3) is 0 Å². The van der Waals surface area contributed by atoms with E-state index in [-0.39, 0.29) is 11.9 Å². The van der Waals surface area contributed by atoms with Crippen LogP contribution in [-0.2, 0) is 4.79 Å². The number of nitrogens with one attached hydrogen (secondary N) is 2. The fourth-order valence-corrected chi connectivity index (χ4v) is 2.28. The van der Waals surface area contributed by atoms with E-state index in [0.717, 1.165) is 23.4 Å². The number of rotatable bonds is 3. The molecule has 1 unspecified atom stereocenters. The largest absolute Gasteiger partial charge is 0.355 e. The Kier molecular flexibility index (Phi) is 4.54. The Labute approximate surface area is 115 Å². The summed E-state index contributed by atoms with van der Waals surface area (Å²) in [6.07, 6.45) is 1.76. The number of likely N-dealkylation sites (N-methyl/N-ethyl adjacent to an activating group) is 1. The standard InChI is InChI=1S/C12H17BrN4O/c1-2-15-12(18)10-8-14-5-6-17(10)11-4-3-9(13)7-16-11/h3-4,7,10,14H,2,5-6,8H2,1H3,(H,15,18). The lowest BCUT2D eigenvalue weighted by atomic mass is 10.1. The van der Waals surface area contributed by atoms with E-state index in [9.17, 15) is 4.79 Å². The van der Waals surface area contributed by atoms with E-state index >= 15 is 0 Å². The number of piperazine rings is 1. The van der Waals surface area contributed by atoms with Gasteiger partial charge >= 0.3 is 0 Å². The van der Waals surface area contributed by atoms with Crippen molar-refractivity contribution in [2.24, 2.45) is 0 Å². The molecule has 1 aliphatic heterocycles. The Morgan fingerprint density at radius 3 is 3.17 bits per heavy atom. The van der Waals surface area contributed by atoms with Crippen molar-refractivity contribution in [1.82, 2.24) is 15.6 Å². The number of nitrogens with zero attached hydrogens (tertiary/aromatic N) is 2. The molecule has 5 nitrogen and oxygen atoms in total. The molecule has 18 heavy (non-hydrogen) atoms. The zero-order valence-electron chi connectivity index (χ0n) is 10.3. The first-order valence-electron chi connectivity index (χ1n) is 6.09. The summed E-state index contributed by atoms with van der Waals surface area (Å²) in [4.78, 5) is 18.4. The summed E-state index contributed by atoms with van der Waals surface area (Å²) < 4.78 is 0.941. The molecule has 1 atom stereocenters. The van der Waals surface area contributed by atoms with Gasteiger partial charge in [-0.1, -0.05) is 0 Å². The van der Waals surface area contributed by atoms with E-state index in [1.54, 1.807) is 6.20 Å². The van der Waals surface area contributed by atoms with Crippen LogP contribution in [0.15, 0.2) is 22.8 Å². The number of hydrogen-bond acceptors (Lipinski definition) is 4. The van der Waals surface area contributed by atoms with Gasteiger partial charge in [-0.05, 0) is 35.0 Å². The maximum Gasteiger partial charge on any atom is 0.244 e. The molecule has 1 saturated heterocycles. The SMILES string of the molecule is CCNC(=O)C1CNCCN1c1ccc(Br)cn1. The van der Waals surface area contributed by atoms with Crippen LogP contribution in [0.1, 0.15) is 6.92 Å². The highest BCUT2D eigenvalue weighted by Crippen LogP contribution is 2.18. The summed E-state index contributed by atoms with van der Waals surface area (Å²) in [7, 11) is 0. The van der Waals surface area contributed by atoms with Crippen LogP contribution in [0.3, 0.4) is 0 Å². The fraction of sp³-hybridized carbons (Fsp3) is 0.500. The zero-order valence-corrected chi connectivity index (χ0v) is 11.9. The molecule has 2 rings (SSSR count). The molecule has 0 spiro atoms. The molecule has 0 aliphatic carbocycles. The Bertz CT molecular complexity index is 409. The van der Waals surface area contributed by atoms with Gasteiger partial charge in [-0.3, -0.25) is 4.79 Å². The summed E-state index contributed by atoms with van der Waals surface area (Å²) in [6, 6.07) is 3.69. The van der Waals surface area contributed by atoms with Gasteiger partial charge in [-0.25, -0.2) is 4.98 Å². The summed E-state index contributed by atoms with van der Waals surface area (Å²) in [5.41, 5.74) is 0. The third-order valence-electron chi connectivity index (χ3n) is 2.90. The molecule has 2 heterocycles. The van der Waals surface area contributed by atoms with E-state index in [4.69, 9.17) is 0 Å².